The van der Waals surface area contributed by atoms with Gasteiger partial charge >= 0.3 is 12.1 Å². The molecule has 2 atom stereocenters. The summed E-state index contributed by atoms with van der Waals surface area (Å²) in [4.78, 5) is 27.3. The van der Waals surface area contributed by atoms with Crippen molar-refractivity contribution < 1.29 is 23.7 Å². The molecule has 2 N–H and O–H groups in total. The fourth-order valence-corrected chi connectivity index (χ4v) is 3.12. The van der Waals surface area contributed by atoms with Crippen molar-refractivity contribution in [2.45, 2.75) is 65.2 Å². The second-order valence-corrected chi connectivity index (χ2v) is 8.54. The number of nitrogens with one attached hydrogen (secondary N) is 2. The molecule has 11 nitrogen and oxygen atoms in total. The van der Waals surface area contributed by atoms with Crippen LogP contribution >= 0.6 is 0 Å². The van der Waals surface area contributed by atoms with Crippen LogP contribution in [0.15, 0.2) is 0 Å². The SMILES string of the molecule is CCOc1nc(NC(CC)COC)nc(N2CCOC(CCNC(=O)OC(C)(C)C)C2)n1. The van der Waals surface area contributed by atoms with E-state index in [9.17, 15) is 4.79 Å². The molecule has 1 aromatic heterocycles. The predicted molar refractivity (Wildman–Crippen MR) is 121 cm³/mol. The zero-order chi connectivity index (χ0) is 23.6. The van der Waals surface area contributed by atoms with Crippen LogP contribution < -0.4 is 20.3 Å². The smallest absolute Gasteiger partial charge is 0.407 e. The average molecular weight is 455 g/mol. The van der Waals surface area contributed by atoms with Crippen LogP contribution in [0, 0.1) is 0 Å². The number of amides is 1. The number of carbonyl (C=O) groups excluding carboxylic acids is 1. The molecule has 2 unspecified atom stereocenters. The van der Waals surface area contributed by atoms with Gasteiger partial charge in [-0.25, -0.2) is 4.79 Å². The Morgan fingerprint density at radius 2 is 2.06 bits per heavy atom. The maximum absolute atomic E-state index is 11.8. The molecule has 0 radical (unpaired) electrons. The fourth-order valence-electron chi connectivity index (χ4n) is 3.12. The van der Waals surface area contributed by atoms with Crippen molar-refractivity contribution in [2.24, 2.45) is 0 Å². The highest BCUT2D eigenvalue weighted by atomic mass is 16.6. The third kappa shape index (κ3) is 8.99. The number of anilines is 2. The van der Waals surface area contributed by atoms with Gasteiger partial charge in [0.25, 0.3) is 0 Å². The van der Waals surface area contributed by atoms with E-state index in [2.05, 4.69) is 32.5 Å². The van der Waals surface area contributed by atoms with Crippen molar-refractivity contribution in [3.05, 3.63) is 0 Å². The standard InChI is InChI=1S/C21H38N6O5/c1-7-15(14-29-6)23-17-24-18(26-19(25-17)30-8-2)27-11-12-31-16(13-27)9-10-22-20(28)32-21(3,4)5/h15-16H,7-14H2,1-6H3,(H,22,28)(H,23,24,25,26). The maximum Gasteiger partial charge on any atom is 0.407 e. The van der Waals surface area contributed by atoms with Crippen LogP contribution in [-0.4, -0.2) is 85.4 Å². The summed E-state index contributed by atoms with van der Waals surface area (Å²) in [5.74, 6) is 0.989. The number of nitrogens with zero attached hydrogens (tertiary/aromatic N) is 4. The molecule has 0 aliphatic carbocycles. The molecular weight excluding hydrogens is 416 g/mol. The first-order valence-corrected chi connectivity index (χ1v) is 11.2. The van der Waals surface area contributed by atoms with Crippen molar-refractivity contribution in [2.75, 3.05) is 56.8 Å². The Kier molecular flexibility index (Phi) is 10.2. The highest BCUT2D eigenvalue weighted by Gasteiger charge is 2.24. The summed E-state index contributed by atoms with van der Waals surface area (Å²) in [6.45, 7) is 12.7. The van der Waals surface area contributed by atoms with Crippen molar-refractivity contribution in [3.63, 3.8) is 0 Å². The topological polar surface area (TPSA) is 120 Å². The number of hydrogen-bond donors (Lipinski definition) is 2. The molecule has 1 aromatic rings. The van der Waals surface area contributed by atoms with Gasteiger partial charge in [-0.15, -0.1) is 0 Å². The van der Waals surface area contributed by atoms with Gasteiger partial charge in [-0.1, -0.05) is 6.92 Å². The number of morpholine rings is 1. The van der Waals surface area contributed by atoms with Crippen molar-refractivity contribution in [3.8, 4) is 6.01 Å². The predicted octanol–water partition coefficient (Wildman–Crippen LogP) is 2.23. The minimum atomic E-state index is -0.523. The molecule has 0 aromatic carbocycles. The molecule has 11 heteroatoms. The van der Waals surface area contributed by atoms with E-state index >= 15 is 0 Å². The second-order valence-electron chi connectivity index (χ2n) is 8.54. The second kappa shape index (κ2) is 12.6. The Hall–Kier alpha value is -2.40. The minimum absolute atomic E-state index is 0.0701. The summed E-state index contributed by atoms with van der Waals surface area (Å²) in [6.07, 6.45) is 1.01. The number of alkyl carbamates (subject to hydrolysis) is 1. The van der Waals surface area contributed by atoms with E-state index in [4.69, 9.17) is 18.9 Å². The molecule has 1 aliphatic rings. The molecule has 2 heterocycles. The van der Waals surface area contributed by atoms with Gasteiger partial charge in [0.2, 0.25) is 11.9 Å². The number of carbonyl (C=O) groups is 1. The molecule has 182 valence electrons. The first-order chi connectivity index (χ1) is 15.2. The van der Waals surface area contributed by atoms with Crippen molar-refractivity contribution in [1.82, 2.24) is 20.3 Å². The minimum Gasteiger partial charge on any atom is -0.464 e. The first kappa shape index (κ1) is 25.9. The van der Waals surface area contributed by atoms with Gasteiger partial charge < -0.3 is 34.5 Å². The van der Waals surface area contributed by atoms with Gasteiger partial charge in [-0.3, -0.25) is 0 Å². The summed E-state index contributed by atoms with van der Waals surface area (Å²) < 4.78 is 21.9. The maximum atomic E-state index is 11.8. The Balaban J connectivity index is 2.00. The molecule has 1 fully saturated rings. The van der Waals surface area contributed by atoms with Crippen LogP contribution in [0.2, 0.25) is 0 Å². The summed E-state index contributed by atoms with van der Waals surface area (Å²) in [6, 6.07) is 0.364. The van der Waals surface area contributed by atoms with Crippen molar-refractivity contribution in [1.29, 1.82) is 0 Å². The lowest BCUT2D eigenvalue weighted by Crippen LogP contribution is -2.45. The molecule has 1 aliphatic heterocycles. The van der Waals surface area contributed by atoms with E-state index in [1.165, 1.54) is 0 Å². The van der Waals surface area contributed by atoms with E-state index in [1.807, 2.05) is 32.6 Å². The van der Waals surface area contributed by atoms with Crippen LogP contribution in [0.25, 0.3) is 0 Å². The van der Waals surface area contributed by atoms with Crippen LogP contribution in [0.4, 0.5) is 16.7 Å². The number of aromatic nitrogens is 3. The lowest BCUT2D eigenvalue weighted by Gasteiger charge is -2.33. The Morgan fingerprint density at radius 1 is 1.28 bits per heavy atom. The molecule has 0 spiro atoms. The summed E-state index contributed by atoms with van der Waals surface area (Å²) in [7, 11) is 1.67. The Morgan fingerprint density at radius 3 is 2.72 bits per heavy atom. The number of methoxy groups -OCH3 is 1. The third-order valence-corrected chi connectivity index (χ3v) is 4.63. The lowest BCUT2D eigenvalue weighted by molar-refractivity contribution is 0.0315. The van der Waals surface area contributed by atoms with Crippen molar-refractivity contribution >= 4 is 18.0 Å². The first-order valence-electron chi connectivity index (χ1n) is 11.2. The van der Waals surface area contributed by atoms with Gasteiger partial charge in [0.15, 0.2) is 0 Å². The largest absolute Gasteiger partial charge is 0.464 e. The molecular formula is C21H38N6O5. The molecule has 0 bridgehead atoms. The summed E-state index contributed by atoms with van der Waals surface area (Å²) >= 11 is 0. The van der Waals surface area contributed by atoms with Crippen LogP contribution in [0.3, 0.4) is 0 Å². The quantitative estimate of drug-likeness (QED) is 0.515. The summed E-state index contributed by atoms with van der Waals surface area (Å²) in [5, 5.41) is 6.07. The zero-order valence-corrected chi connectivity index (χ0v) is 20.1. The molecule has 2 rings (SSSR count). The lowest BCUT2D eigenvalue weighted by atomic mass is 10.2. The zero-order valence-electron chi connectivity index (χ0n) is 20.1. The number of hydrogen-bond acceptors (Lipinski definition) is 10. The van der Waals surface area contributed by atoms with Crippen LogP contribution in [-0.2, 0) is 14.2 Å². The monoisotopic (exact) mass is 454 g/mol. The molecule has 1 saturated heterocycles. The van der Waals surface area contributed by atoms with Gasteiger partial charge in [0, 0.05) is 26.7 Å². The van der Waals surface area contributed by atoms with Gasteiger partial charge in [-0.2, -0.15) is 15.0 Å². The Labute approximate surface area is 190 Å². The molecule has 0 saturated carbocycles. The molecule has 1 amide bonds. The number of rotatable bonds is 11. The highest BCUT2D eigenvalue weighted by molar-refractivity contribution is 5.67. The van der Waals surface area contributed by atoms with E-state index in [0.717, 1.165) is 6.42 Å². The third-order valence-electron chi connectivity index (χ3n) is 4.63. The summed E-state index contributed by atoms with van der Waals surface area (Å²) in [5.41, 5.74) is -0.523. The van der Waals surface area contributed by atoms with Gasteiger partial charge in [0.05, 0.1) is 32.0 Å². The van der Waals surface area contributed by atoms with E-state index < -0.39 is 11.7 Å². The highest BCUT2D eigenvalue weighted by Crippen LogP contribution is 2.19. The number of ether oxygens (including phenoxy) is 4. The average Bonchev–Trinajstić information content (AvgIpc) is 2.72. The van der Waals surface area contributed by atoms with E-state index in [0.29, 0.717) is 57.8 Å². The van der Waals surface area contributed by atoms with Crippen LogP contribution in [0.5, 0.6) is 6.01 Å². The van der Waals surface area contributed by atoms with E-state index in [1.54, 1.807) is 7.11 Å². The molecule has 32 heavy (non-hydrogen) atoms. The normalized spacial score (nSPS) is 17.6. The Bertz CT molecular complexity index is 714. The van der Waals surface area contributed by atoms with Gasteiger partial charge in [-0.05, 0) is 40.5 Å². The van der Waals surface area contributed by atoms with Crippen LogP contribution in [0.1, 0.15) is 47.5 Å². The van der Waals surface area contributed by atoms with Gasteiger partial charge in [0.1, 0.15) is 5.60 Å². The van der Waals surface area contributed by atoms with E-state index in [-0.39, 0.29) is 18.2 Å². The fraction of sp³-hybridized carbons (Fsp3) is 0.810.